The molecule has 1 heterocycles. The van der Waals surface area contributed by atoms with Crippen molar-refractivity contribution in [2.24, 2.45) is 10.1 Å². The van der Waals surface area contributed by atoms with Crippen LogP contribution in [0.15, 0.2) is 52.4 Å². The normalized spacial score (nSPS) is 12.2. The lowest BCUT2D eigenvalue weighted by molar-refractivity contribution is -0.143. The fraction of sp³-hybridized carbons (Fsp3) is 0.200. The number of fused-ring (bicyclic) bond motifs is 1. The summed E-state index contributed by atoms with van der Waals surface area (Å²) in [4.78, 5) is 40.4. The second-order valence-electron chi connectivity index (χ2n) is 6.50. The topological polar surface area (TPSA) is 138 Å². The summed E-state index contributed by atoms with van der Waals surface area (Å²) in [5.74, 6) is -1.23. The number of rotatable bonds is 6. The molecule has 0 aliphatic heterocycles. The van der Waals surface area contributed by atoms with E-state index in [0.29, 0.717) is 15.8 Å². The minimum absolute atomic E-state index is 0.0952. The molecule has 11 heteroatoms. The van der Waals surface area contributed by atoms with Gasteiger partial charge in [0.15, 0.2) is 10.6 Å². The Morgan fingerprint density at radius 2 is 1.74 bits per heavy atom. The number of carbonyl (C=O) groups is 3. The Balaban J connectivity index is 2.12. The molecule has 0 aliphatic rings. The van der Waals surface area contributed by atoms with E-state index in [2.05, 4.69) is 4.99 Å². The first-order chi connectivity index (χ1) is 14.6. The van der Waals surface area contributed by atoms with Crippen LogP contribution in [0.25, 0.3) is 10.2 Å². The van der Waals surface area contributed by atoms with Gasteiger partial charge < -0.3 is 9.30 Å². The van der Waals surface area contributed by atoms with Gasteiger partial charge in [-0.3, -0.25) is 14.4 Å². The summed E-state index contributed by atoms with van der Waals surface area (Å²) in [6, 6.07) is 10.2. The van der Waals surface area contributed by atoms with E-state index in [4.69, 9.17) is 9.88 Å². The number of nitrogens with zero attached hydrogens (tertiary/aromatic N) is 2. The van der Waals surface area contributed by atoms with E-state index in [9.17, 15) is 22.8 Å². The fourth-order valence-corrected chi connectivity index (χ4v) is 4.48. The fourth-order valence-electron chi connectivity index (χ4n) is 2.80. The zero-order valence-electron chi connectivity index (χ0n) is 16.7. The van der Waals surface area contributed by atoms with Gasteiger partial charge in [-0.15, -0.1) is 0 Å². The van der Waals surface area contributed by atoms with E-state index in [-0.39, 0.29) is 34.2 Å². The lowest BCUT2D eigenvalue weighted by Crippen LogP contribution is -2.23. The minimum Gasteiger partial charge on any atom is -0.465 e. The van der Waals surface area contributed by atoms with Crippen LogP contribution in [0.5, 0.6) is 0 Å². The molecule has 0 unspecified atom stereocenters. The largest absolute Gasteiger partial charge is 0.465 e. The Hall–Kier alpha value is -3.15. The summed E-state index contributed by atoms with van der Waals surface area (Å²) >= 11 is 1.04. The molecule has 2 aromatic carbocycles. The SMILES string of the molecule is CCOC(=O)Cn1c(=NC(=O)c2ccc(C(C)=O)cc2)sc2cc(S(N)(=O)=O)ccc21. The summed E-state index contributed by atoms with van der Waals surface area (Å²) in [5, 5.41) is 5.20. The first-order valence-electron chi connectivity index (χ1n) is 9.12. The van der Waals surface area contributed by atoms with Crippen LogP contribution >= 0.6 is 11.3 Å². The third kappa shape index (κ3) is 5.13. The summed E-state index contributed by atoms with van der Waals surface area (Å²) in [7, 11) is -3.93. The highest BCUT2D eigenvalue weighted by atomic mass is 32.2. The standard InChI is InChI=1S/C20H19N3O6S2/c1-3-29-18(25)11-23-16-9-8-15(31(21,27)28)10-17(16)30-20(23)22-19(26)14-6-4-13(5-7-14)12(2)24/h4-10H,3,11H2,1-2H3,(H2,21,27,28). The van der Waals surface area contributed by atoms with Crippen molar-refractivity contribution in [3.05, 3.63) is 58.4 Å². The number of aromatic nitrogens is 1. The number of benzene rings is 2. The maximum atomic E-state index is 12.7. The van der Waals surface area contributed by atoms with Crippen molar-refractivity contribution < 1.29 is 27.5 Å². The molecule has 0 fully saturated rings. The van der Waals surface area contributed by atoms with Gasteiger partial charge in [0.1, 0.15) is 6.54 Å². The molecule has 3 aromatic rings. The van der Waals surface area contributed by atoms with Crippen LogP contribution in [0.3, 0.4) is 0 Å². The zero-order valence-corrected chi connectivity index (χ0v) is 18.3. The first kappa shape index (κ1) is 22.5. The van der Waals surface area contributed by atoms with Gasteiger partial charge in [0.05, 0.1) is 21.7 Å². The van der Waals surface area contributed by atoms with Crippen molar-refractivity contribution >= 4 is 49.2 Å². The van der Waals surface area contributed by atoms with Crippen LogP contribution in [0.2, 0.25) is 0 Å². The predicted molar refractivity (Wildman–Crippen MR) is 114 cm³/mol. The third-order valence-electron chi connectivity index (χ3n) is 4.31. The quantitative estimate of drug-likeness (QED) is 0.439. The number of ketones is 1. The van der Waals surface area contributed by atoms with E-state index in [1.807, 2.05) is 0 Å². The Morgan fingerprint density at radius 3 is 2.32 bits per heavy atom. The number of nitrogens with two attached hydrogens (primary N) is 1. The van der Waals surface area contributed by atoms with Gasteiger partial charge in [-0.2, -0.15) is 4.99 Å². The van der Waals surface area contributed by atoms with Crippen molar-refractivity contribution in [2.75, 3.05) is 6.61 Å². The molecule has 1 amide bonds. The minimum atomic E-state index is -3.93. The molecular weight excluding hydrogens is 442 g/mol. The molecule has 0 saturated carbocycles. The molecule has 0 bridgehead atoms. The highest BCUT2D eigenvalue weighted by Gasteiger charge is 2.16. The Labute approximate surface area is 181 Å². The van der Waals surface area contributed by atoms with Crippen molar-refractivity contribution in [1.82, 2.24) is 4.57 Å². The van der Waals surface area contributed by atoms with E-state index < -0.39 is 21.9 Å². The smallest absolute Gasteiger partial charge is 0.326 e. The molecular formula is C20H19N3O6S2. The van der Waals surface area contributed by atoms with E-state index in [0.717, 1.165) is 11.3 Å². The van der Waals surface area contributed by atoms with E-state index in [1.54, 1.807) is 6.92 Å². The average molecular weight is 462 g/mol. The Bertz CT molecular complexity index is 1350. The van der Waals surface area contributed by atoms with Gasteiger partial charge >= 0.3 is 5.97 Å². The van der Waals surface area contributed by atoms with Crippen LogP contribution < -0.4 is 9.94 Å². The molecule has 0 radical (unpaired) electrons. The summed E-state index contributed by atoms with van der Waals surface area (Å²) in [5.41, 5.74) is 1.23. The van der Waals surface area contributed by atoms with E-state index >= 15 is 0 Å². The highest BCUT2D eigenvalue weighted by molar-refractivity contribution is 7.89. The number of Topliss-reactive ketones (excluding diaryl/α,β-unsaturated/α-hetero) is 1. The monoisotopic (exact) mass is 461 g/mol. The second kappa shape index (κ2) is 8.92. The summed E-state index contributed by atoms with van der Waals surface area (Å²) < 4.78 is 30.3. The van der Waals surface area contributed by atoms with Crippen LogP contribution in [0, 0.1) is 0 Å². The number of sulfonamides is 1. The molecule has 0 aliphatic carbocycles. The first-order valence-corrected chi connectivity index (χ1v) is 11.5. The van der Waals surface area contributed by atoms with Gasteiger partial charge in [-0.05, 0) is 44.2 Å². The van der Waals surface area contributed by atoms with Gasteiger partial charge in [0.2, 0.25) is 10.0 Å². The summed E-state index contributed by atoms with van der Waals surface area (Å²) in [6.07, 6.45) is 0. The Morgan fingerprint density at radius 1 is 1.10 bits per heavy atom. The second-order valence-corrected chi connectivity index (χ2v) is 9.07. The highest BCUT2D eigenvalue weighted by Crippen LogP contribution is 2.21. The maximum absolute atomic E-state index is 12.7. The molecule has 1 aromatic heterocycles. The number of hydrogen-bond donors (Lipinski definition) is 1. The van der Waals surface area contributed by atoms with Crippen molar-refractivity contribution in [3.63, 3.8) is 0 Å². The number of esters is 1. The number of primary sulfonamides is 1. The van der Waals surface area contributed by atoms with Crippen LogP contribution in [0.4, 0.5) is 0 Å². The van der Waals surface area contributed by atoms with Gasteiger partial charge in [0, 0.05) is 11.1 Å². The van der Waals surface area contributed by atoms with Gasteiger partial charge in [-0.25, -0.2) is 13.6 Å². The zero-order chi connectivity index (χ0) is 22.8. The van der Waals surface area contributed by atoms with Crippen molar-refractivity contribution in [1.29, 1.82) is 0 Å². The van der Waals surface area contributed by atoms with E-state index in [1.165, 1.54) is 54.0 Å². The van der Waals surface area contributed by atoms with Crippen molar-refractivity contribution in [2.45, 2.75) is 25.3 Å². The number of ether oxygens (including phenoxy) is 1. The number of thiazole rings is 1. The molecule has 162 valence electrons. The van der Waals surface area contributed by atoms with Crippen molar-refractivity contribution in [3.8, 4) is 0 Å². The van der Waals surface area contributed by atoms with Crippen LogP contribution in [0.1, 0.15) is 34.6 Å². The molecule has 3 rings (SSSR count). The predicted octanol–water partition coefficient (Wildman–Crippen LogP) is 1.86. The molecule has 0 spiro atoms. The molecule has 9 nitrogen and oxygen atoms in total. The molecule has 31 heavy (non-hydrogen) atoms. The molecule has 2 N–H and O–H groups in total. The maximum Gasteiger partial charge on any atom is 0.326 e. The third-order valence-corrected chi connectivity index (χ3v) is 6.26. The number of amides is 1. The van der Waals surface area contributed by atoms with Crippen LogP contribution in [-0.4, -0.2) is 37.3 Å². The molecule has 0 saturated heterocycles. The van der Waals surface area contributed by atoms with Crippen LogP contribution in [-0.2, 0) is 26.1 Å². The van der Waals surface area contributed by atoms with Gasteiger partial charge in [-0.1, -0.05) is 23.5 Å². The summed E-state index contributed by atoms with van der Waals surface area (Å²) in [6.45, 7) is 3.07. The Kier molecular flexibility index (Phi) is 6.48. The van der Waals surface area contributed by atoms with Gasteiger partial charge in [0.25, 0.3) is 5.91 Å². The molecule has 0 atom stereocenters. The average Bonchev–Trinajstić information content (AvgIpc) is 3.03. The lowest BCUT2D eigenvalue weighted by atomic mass is 10.1. The number of hydrogen-bond acceptors (Lipinski definition) is 7. The number of carbonyl (C=O) groups excluding carboxylic acids is 3. The lowest BCUT2D eigenvalue weighted by Gasteiger charge is -2.05.